The molecule has 0 atom stereocenters. The van der Waals surface area contributed by atoms with Gasteiger partial charge in [0.2, 0.25) is 0 Å². The molecule has 1 saturated carbocycles. The van der Waals surface area contributed by atoms with Crippen molar-refractivity contribution in [2.75, 3.05) is 7.11 Å². The molecule has 0 saturated heterocycles. The van der Waals surface area contributed by atoms with Crippen LogP contribution in [-0.4, -0.2) is 13.2 Å². The molecule has 118 valence electrons. The van der Waals surface area contributed by atoms with Gasteiger partial charge in [-0.2, -0.15) is 0 Å². The Hall–Kier alpha value is -0.540. The highest BCUT2D eigenvalue weighted by Crippen LogP contribution is 2.45. The molecule has 1 aromatic carbocycles. The van der Waals surface area contributed by atoms with Gasteiger partial charge in [0.25, 0.3) is 0 Å². The molecule has 0 unspecified atom stereocenters. The molecule has 2 nitrogen and oxygen atoms in total. The van der Waals surface area contributed by atoms with Crippen LogP contribution in [0, 0.1) is 10.8 Å². The number of halogens is 1. The van der Waals surface area contributed by atoms with Gasteiger partial charge in [0.05, 0.1) is 11.6 Å². The van der Waals surface area contributed by atoms with Crippen LogP contribution in [0.4, 0.5) is 0 Å². The quantitative estimate of drug-likeness (QED) is 0.807. The maximum absolute atomic E-state index is 5.28. The Morgan fingerprint density at radius 2 is 1.81 bits per heavy atom. The van der Waals surface area contributed by atoms with E-state index in [4.69, 9.17) is 4.74 Å². The van der Waals surface area contributed by atoms with E-state index in [0.29, 0.717) is 16.9 Å². The molecule has 0 amide bonds. The van der Waals surface area contributed by atoms with Crippen molar-refractivity contribution in [2.24, 2.45) is 10.8 Å². The molecule has 0 spiro atoms. The average molecular weight is 354 g/mol. The van der Waals surface area contributed by atoms with Crippen molar-refractivity contribution in [1.29, 1.82) is 0 Å². The lowest BCUT2D eigenvalue weighted by molar-refractivity contribution is 0.0845. The summed E-state index contributed by atoms with van der Waals surface area (Å²) < 4.78 is 6.30. The summed E-state index contributed by atoms with van der Waals surface area (Å²) in [6.07, 6.45) is 3.83. The third-order valence-corrected chi connectivity index (χ3v) is 4.99. The second-order valence-corrected chi connectivity index (χ2v) is 8.81. The van der Waals surface area contributed by atoms with Gasteiger partial charge in [0.1, 0.15) is 5.75 Å². The van der Waals surface area contributed by atoms with Crippen LogP contribution in [0.25, 0.3) is 0 Å². The molecule has 0 radical (unpaired) electrons. The van der Waals surface area contributed by atoms with E-state index < -0.39 is 0 Å². The highest BCUT2D eigenvalue weighted by Gasteiger charge is 2.38. The summed E-state index contributed by atoms with van der Waals surface area (Å²) >= 11 is 3.56. The summed E-state index contributed by atoms with van der Waals surface area (Å²) in [5.41, 5.74) is 2.16. The Morgan fingerprint density at radius 3 is 2.33 bits per heavy atom. The molecule has 0 aliphatic heterocycles. The summed E-state index contributed by atoms with van der Waals surface area (Å²) in [7, 11) is 1.70. The SMILES string of the molecule is COc1ccc(CNC2CC(C)(C)CC(C)(C)C2)cc1Br. The Balaban J connectivity index is 1.98. The first kappa shape index (κ1) is 16.8. The minimum Gasteiger partial charge on any atom is -0.496 e. The van der Waals surface area contributed by atoms with Gasteiger partial charge in [0, 0.05) is 12.6 Å². The zero-order valence-corrected chi connectivity index (χ0v) is 15.5. The van der Waals surface area contributed by atoms with E-state index in [1.165, 1.54) is 24.8 Å². The largest absolute Gasteiger partial charge is 0.496 e. The van der Waals surface area contributed by atoms with Gasteiger partial charge in [-0.15, -0.1) is 0 Å². The lowest BCUT2D eigenvalue weighted by Crippen LogP contribution is -2.43. The number of hydrogen-bond donors (Lipinski definition) is 1. The molecular weight excluding hydrogens is 326 g/mol. The fraction of sp³-hybridized carbons (Fsp3) is 0.667. The Bertz CT molecular complexity index is 480. The van der Waals surface area contributed by atoms with Crippen molar-refractivity contribution in [3.8, 4) is 5.75 Å². The number of nitrogens with one attached hydrogen (secondary N) is 1. The van der Waals surface area contributed by atoms with Gasteiger partial charge in [-0.25, -0.2) is 0 Å². The van der Waals surface area contributed by atoms with Gasteiger partial charge in [-0.05, 0) is 63.7 Å². The highest BCUT2D eigenvalue weighted by molar-refractivity contribution is 9.10. The average Bonchev–Trinajstić information content (AvgIpc) is 2.33. The van der Waals surface area contributed by atoms with E-state index in [0.717, 1.165) is 16.8 Å². The first-order chi connectivity index (χ1) is 9.71. The number of benzene rings is 1. The van der Waals surface area contributed by atoms with Gasteiger partial charge >= 0.3 is 0 Å². The zero-order chi connectivity index (χ0) is 15.7. The number of rotatable bonds is 4. The molecule has 1 aliphatic rings. The van der Waals surface area contributed by atoms with Crippen LogP contribution in [0.15, 0.2) is 22.7 Å². The Labute approximate surface area is 137 Å². The maximum atomic E-state index is 5.28. The fourth-order valence-electron chi connectivity index (χ4n) is 4.07. The first-order valence-corrected chi connectivity index (χ1v) is 8.56. The minimum absolute atomic E-state index is 0.430. The van der Waals surface area contributed by atoms with Crippen LogP contribution in [0.2, 0.25) is 0 Å². The van der Waals surface area contributed by atoms with E-state index in [1.54, 1.807) is 7.11 Å². The van der Waals surface area contributed by atoms with Gasteiger partial charge < -0.3 is 10.1 Å². The molecule has 2 rings (SSSR count). The third-order valence-electron chi connectivity index (χ3n) is 4.37. The second-order valence-electron chi connectivity index (χ2n) is 7.96. The fourth-order valence-corrected chi connectivity index (χ4v) is 4.66. The van der Waals surface area contributed by atoms with Crippen LogP contribution in [0.1, 0.15) is 52.5 Å². The van der Waals surface area contributed by atoms with Crippen LogP contribution in [0.3, 0.4) is 0 Å². The first-order valence-electron chi connectivity index (χ1n) is 7.77. The molecule has 3 heteroatoms. The Kier molecular flexibility index (Phi) is 5.04. The molecule has 21 heavy (non-hydrogen) atoms. The highest BCUT2D eigenvalue weighted by atomic mass is 79.9. The minimum atomic E-state index is 0.430. The lowest BCUT2D eigenvalue weighted by Gasteiger charge is -2.45. The van der Waals surface area contributed by atoms with Crippen molar-refractivity contribution in [2.45, 2.75) is 59.5 Å². The molecule has 0 aromatic heterocycles. The number of hydrogen-bond acceptors (Lipinski definition) is 2. The van der Waals surface area contributed by atoms with E-state index in [1.807, 2.05) is 6.07 Å². The molecule has 0 heterocycles. The lowest BCUT2D eigenvalue weighted by atomic mass is 9.63. The van der Waals surface area contributed by atoms with Crippen LogP contribution in [0.5, 0.6) is 5.75 Å². The third kappa shape index (κ3) is 4.72. The van der Waals surface area contributed by atoms with Gasteiger partial charge in [-0.1, -0.05) is 33.8 Å². The number of ether oxygens (including phenoxy) is 1. The smallest absolute Gasteiger partial charge is 0.133 e. The van der Waals surface area contributed by atoms with Crippen molar-refractivity contribution in [1.82, 2.24) is 5.32 Å². The summed E-state index contributed by atoms with van der Waals surface area (Å²) in [6.45, 7) is 10.5. The monoisotopic (exact) mass is 353 g/mol. The van der Waals surface area contributed by atoms with Crippen molar-refractivity contribution >= 4 is 15.9 Å². The van der Waals surface area contributed by atoms with Crippen molar-refractivity contribution in [3.05, 3.63) is 28.2 Å². The van der Waals surface area contributed by atoms with Crippen LogP contribution < -0.4 is 10.1 Å². The molecule has 1 aliphatic carbocycles. The standard InChI is InChI=1S/C18H28BrNO/c1-17(2)9-14(10-18(3,4)12-17)20-11-13-6-7-16(21-5)15(19)8-13/h6-8,14,20H,9-12H2,1-5H3. The Morgan fingerprint density at radius 1 is 1.19 bits per heavy atom. The number of methoxy groups -OCH3 is 1. The molecule has 0 bridgehead atoms. The molecule has 1 fully saturated rings. The van der Waals surface area contributed by atoms with E-state index in [2.05, 4.69) is 61.1 Å². The van der Waals surface area contributed by atoms with Crippen LogP contribution in [-0.2, 0) is 6.54 Å². The van der Waals surface area contributed by atoms with Gasteiger partial charge in [-0.3, -0.25) is 0 Å². The summed E-state index contributed by atoms with van der Waals surface area (Å²) in [5, 5.41) is 3.75. The summed E-state index contributed by atoms with van der Waals surface area (Å²) in [4.78, 5) is 0. The predicted molar refractivity (Wildman–Crippen MR) is 92.7 cm³/mol. The zero-order valence-electron chi connectivity index (χ0n) is 13.9. The van der Waals surface area contributed by atoms with E-state index >= 15 is 0 Å². The molecular formula is C18H28BrNO. The van der Waals surface area contributed by atoms with E-state index in [-0.39, 0.29) is 0 Å². The summed E-state index contributed by atoms with van der Waals surface area (Å²) in [5.74, 6) is 0.888. The van der Waals surface area contributed by atoms with Gasteiger partial charge in [0.15, 0.2) is 0 Å². The predicted octanol–water partition coefficient (Wildman–Crippen LogP) is 5.15. The topological polar surface area (TPSA) is 21.3 Å². The van der Waals surface area contributed by atoms with Crippen molar-refractivity contribution < 1.29 is 4.74 Å². The second kappa shape index (κ2) is 6.29. The van der Waals surface area contributed by atoms with Crippen LogP contribution >= 0.6 is 15.9 Å². The molecule has 1 N–H and O–H groups in total. The molecule has 1 aromatic rings. The van der Waals surface area contributed by atoms with Crippen molar-refractivity contribution in [3.63, 3.8) is 0 Å². The summed E-state index contributed by atoms with van der Waals surface area (Å²) in [6, 6.07) is 6.90. The maximum Gasteiger partial charge on any atom is 0.133 e. The van der Waals surface area contributed by atoms with E-state index in [9.17, 15) is 0 Å². The normalized spacial score (nSPS) is 21.2.